The van der Waals surface area contributed by atoms with Gasteiger partial charge in [0.05, 0.1) is 5.92 Å². The topological polar surface area (TPSA) is 49.3 Å². The highest BCUT2D eigenvalue weighted by molar-refractivity contribution is 5.71. The van der Waals surface area contributed by atoms with Crippen LogP contribution in [-0.2, 0) is 4.79 Å². The molecule has 4 heteroatoms. The van der Waals surface area contributed by atoms with E-state index in [1.54, 1.807) is 12.1 Å². The van der Waals surface area contributed by atoms with Crippen molar-refractivity contribution in [2.24, 2.45) is 5.92 Å². The number of carboxylic acid groups (broad SMARTS) is 1. The number of carboxylic acids is 1. The summed E-state index contributed by atoms with van der Waals surface area (Å²) in [6.45, 7) is 1.54. The van der Waals surface area contributed by atoms with E-state index >= 15 is 0 Å². The van der Waals surface area contributed by atoms with E-state index in [4.69, 9.17) is 0 Å². The molecule has 1 heterocycles. The minimum absolute atomic E-state index is 0.0249. The van der Waals surface area contributed by atoms with E-state index in [2.05, 4.69) is 5.32 Å². The highest BCUT2D eigenvalue weighted by Crippen LogP contribution is 2.31. The highest BCUT2D eigenvalue weighted by atomic mass is 19.1. The fourth-order valence-corrected chi connectivity index (χ4v) is 2.45. The molecule has 0 aliphatic carbocycles. The maximum atomic E-state index is 12.9. The van der Waals surface area contributed by atoms with E-state index < -0.39 is 5.97 Å². The lowest BCUT2D eigenvalue weighted by Gasteiger charge is -2.21. The van der Waals surface area contributed by atoms with Crippen LogP contribution in [0.25, 0.3) is 0 Å². The molecule has 1 aromatic carbocycles. The van der Waals surface area contributed by atoms with Gasteiger partial charge in [-0.15, -0.1) is 0 Å². The van der Waals surface area contributed by atoms with Crippen LogP contribution in [0.4, 0.5) is 4.39 Å². The fourth-order valence-electron chi connectivity index (χ4n) is 2.45. The lowest BCUT2D eigenvalue weighted by molar-refractivity contribution is -0.142. The molecule has 1 fully saturated rings. The van der Waals surface area contributed by atoms with Crippen molar-refractivity contribution in [2.75, 3.05) is 13.1 Å². The van der Waals surface area contributed by atoms with Gasteiger partial charge in [0.2, 0.25) is 0 Å². The van der Waals surface area contributed by atoms with Gasteiger partial charge in [0, 0.05) is 0 Å². The number of aliphatic carboxylic acids is 1. The van der Waals surface area contributed by atoms with Crippen LogP contribution in [0.15, 0.2) is 24.3 Å². The number of benzene rings is 1. The molecule has 0 radical (unpaired) electrons. The Morgan fingerprint density at radius 1 is 1.24 bits per heavy atom. The standard InChI is InChI=1S/C13H16FNO2/c14-10-3-1-9(2-4-10)11-5-7-15-8-6-12(11)13(16)17/h1-4,11-12,15H,5-8H2,(H,16,17). The van der Waals surface area contributed by atoms with Gasteiger partial charge in [0.15, 0.2) is 0 Å². The molecule has 0 bridgehead atoms. The molecule has 0 spiro atoms. The SMILES string of the molecule is O=C(O)C1CCNCCC1c1ccc(F)cc1. The number of halogens is 1. The zero-order valence-corrected chi connectivity index (χ0v) is 9.53. The Morgan fingerprint density at radius 3 is 2.53 bits per heavy atom. The van der Waals surface area contributed by atoms with Crippen LogP contribution in [-0.4, -0.2) is 24.2 Å². The molecular weight excluding hydrogens is 221 g/mol. The number of rotatable bonds is 2. The van der Waals surface area contributed by atoms with E-state index in [1.165, 1.54) is 12.1 Å². The van der Waals surface area contributed by atoms with Crippen molar-refractivity contribution < 1.29 is 14.3 Å². The van der Waals surface area contributed by atoms with Crippen LogP contribution in [0.3, 0.4) is 0 Å². The molecule has 3 nitrogen and oxygen atoms in total. The van der Waals surface area contributed by atoms with Crippen LogP contribution >= 0.6 is 0 Å². The minimum Gasteiger partial charge on any atom is -0.481 e. The predicted molar refractivity (Wildman–Crippen MR) is 62.4 cm³/mol. The number of hydrogen-bond acceptors (Lipinski definition) is 2. The molecule has 0 aromatic heterocycles. The van der Waals surface area contributed by atoms with Gasteiger partial charge in [-0.2, -0.15) is 0 Å². The van der Waals surface area contributed by atoms with Gasteiger partial charge >= 0.3 is 5.97 Å². The normalized spacial score (nSPS) is 25.2. The van der Waals surface area contributed by atoms with E-state index in [0.29, 0.717) is 6.42 Å². The van der Waals surface area contributed by atoms with E-state index in [1.807, 2.05) is 0 Å². The number of nitrogens with one attached hydrogen (secondary N) is 1. The van der Waals surface area contributed by atoms with Gasteiger partial charge in [-0.05, 0) is 49.5 Å². The second-order valence-corrected chi connectivity index (χ2v) is 4.43. The van der Waals surface area contributed by atoms with Gasteiger partial charge in [-0.1, -0.05) is 12.1 Å². The molecule has 2 atom stereocenters. The molecule has 2 unspecified atom stereocenters. The molecule has 0 amide bonds. The average molecular weight is 237 g/mol. The first kappa shape index (κ1) is 12.0. The Morgan fingerprint density at radius 2 is 1.88 bits per heavy atom. The summed E-state index contributed by atoms with van der Waals surface area (Å²) >= 11 is 0. The summed E-state index contributed by atoms with van der Waals surface area (Å²) in [5.41, 5.74) is 0.919. The summed E-state index contributed by atoms with van der Waals surface area (Å²) in [5.74, 6) is -1.45. The molecule has 0 saturated carbocycles. The fraction of sp³-hybridized carbons (Fsp3) is 0.462. The Labute approximate surface area is 99.7 Å². The molecule has 1 aromatic rings. The lowest BCUT2D eigenvalue weighted by atomic mass is 9.82. The van der Waals surface area contributed by atoms with Gasteiger partial charge < -0.3 is 10.4 Å². The zero-order chi connectivity index (χ0) is 12.3. The quantitative estimate of drug-likeness (QED) is 0.827. The van der Waals surface area contributed by atoms with Gasteiger partial charge in [0.25, 0.3) is 0 Å². The Hall–Kier alpha value is -1.42. The molecule has 1 aliphatic rings. The minimum atomic E-state index is -0.761. The van der Waals surface area contributed by atoms with Crippen molar-refractivity contribution in [1.82, 2.24) is 5.32 Å². The van der Waals surface area contributed by atoms with E-state index in [9.17, 15) is 14.3 Å². The van der Waals surface area contributed by atoms with E-state index in [-0.39, 0.29) is 17.7 Å². The van der Waals surface area contributed by atoms with Crippen LogP contribution in [0, 0.1) is 11.7 Å². The third-order valence-corrected chi connectivity index (χ3v) is 3.37. The molecule has 2 rings (SSSR count). The molecule has 17 heavy (non-hydrogen) atoms. The largest absolute Gasteiger partial charge is 0.481 e. The summed E-state index contributed by atoms with van der Waals surface area (Å²) in [4.78, 5) is 11.3. The third-order valence-electron chi connectivity index (χ3n) is 3.37. The second-order valence-electron chi connectivity index (χ2n) is 4.43. The van der Waals surface area contributed by atoms with Crippen LogP contribution in [0.5, 0.6) is 0 Å². The third kappa shape index (κ3) is 2.82. The number of carbonyl (C=O) groups is 1. The van der Waals surface area contributed by atoms with Gasteiger partial charge in [-0.3, -0.25) is 4.79 Å². The summed E-state index contributed by atoms with van der Waals surface area (Å²) in [6.07, 6.45) is 1.40. The molecule has 92 valence electrons. The highest BCUT2D eigenvalue weighted by Gasteiger charge is 2.30. The Balaban J connectivity index is 2.25. The first-order chi connectivity index (χ1) is 8.18. The molecule has 2 N–H and O–H groups in total. The van der Waals surface area contributed by atoms with Gasteiger partial charge in [-0.25, -0.2) is 4.39 Å². The van der Waals surface area contributed by atoms with Crippen molar-refractivity contribution in [2.45, 2.75) is 18.8 Å². The first-order valence-electron chi connectivity index (χ1n) is 5.87. The van der Waals surface area contributed by atoms with Crippen LogP contribution in [0.2, 0.25) is 0 Å². The molecular formula is C13H16FNO2. The monoisotopic (exact) mass is 237 g/mol. The molecule has 1 saturated heterocycles. The predicted octanol–water partition coefficient (Wildman–Crippen LogP) is 1.99. The Bertz CT molecular complexity index is 391. The summed E-state index contributed by atoms with van der Waals surface area (Å²) in [5, 5.41) is 12.5. The van der Waals surface area contributed by atoms with Crippen LogP contribution < -0.4 is 5.32 Å². The van der Waals surface area contributed by atoms with Crippen molar-refractivity contribution in [3.05, 3.63) is 35.6 Å². The van der Waals surface area contributed by atoms with Crippen molar-refractivity contribution in [3.63, 3.8) is 0 Å². The molecule has 1 aliphatic heterocycles. The first-order valence-corrected chi connectivity index (χ1v) is 5.87. The summed E-state index contributed by atoms with van der Waals surface area (Å²) < 4.78 is 12.9. The van der Waals surface area contributed by atoms with Crippen LogP contribution in [0.1, 0.15) is 24.3 Å². The Kier molecular flexibility index (Phi) is 3.74. The van der Waals surface area contributed by atoms with Gasteiger partial charge in [0.1, 0.15) is 5.82 Å². The van der Waals surface area contributed by atoms with Crippen molar-refractivity contribution in [3.8, 4) is 0 Å². The number of hydrogen-bond donors (Lipinski definition) is 2. The summed E-state index contributed by atoms with van der Waals surface area (Å²) in [7, 11) is 0. The second kappa shape index (κ2) is 5.27. The smallest absolute Gasteiger partial charge is 0.307 e. The zero-order valence-electron chi connectivity index (χ0n) is 9.53. The van der Waals surface area contributed by atoms with Crippen molar-refractivity contribution >= 4 is 5.97 Å². The average Bonchev–Trinajstić information content (AvgIpc) is 2.55. The lowest BCUT2D eigenvalue weighted by Crippen LogP contribution is -2.22. The maximum Gasteiger partial charge on any atom is 0.307 e. The van der Waals surface area contributed by atoms with E-state index in [0.717, 1.165) is 25.1 Å². The van der Waals surface area contributed by atoms with Crippen molar-refractivity contribution in [1.29, 1.82) is 0 Å². The summed E-state index contributed by atoms with van der Waals surface area (Å²) in [6, 6.07) is 6.18. The maximum absolute atomic E-state index is 12.9.